The Morgan fingerprint density at radius 3 is 2.54 bits per heavy atom. The number of halogens is 3. The van der Waals surface area contributed by atoms with Crippen LogP contribution in [0.3, 0.4) is 0 Å². The normalized spacial score (nSPS) is 14.6. The Morgan fingerprint density at radius 2 is 1.81 bits per heavy atom. The third kappa shape index (κ3) is 6.32. The SMILES string of the molecule is COc1cc(C(F)(F)F)ccc1CCNC(=O)c1ccc(OOC(=O)C2CCOc3ccccc32)cc1. The molecule has 0 aromatic heterocycles. The molecule has 0 bridgehead atoms. The predicted molar refractivity (Wildman–Crippen MR) is 126 cm³/mol. The van der Waals surface area contributed by atoms with E-state index in [9.17, 15) is 22.8 Å². The molecule has 0 fully saturated rings. The van der Waals surface area contributed by atoms with Gasteiger partial charge in [0.1, 0.15) is 11.5 Å². The number of carbonyl (C=O) groups is 2. The van der Waals surface area contributed by atoms with Gasteiger partial charge >= 0.3 is 12.1 Å². The molecule has 0 radical (unpaired) electrons. The molecule has 1 unspecified atom stereocenters. The Morgan fingerprint density at radius 1 is 1.05 bits per heavy atom. The van der Waals surface area contributed by atoms with Gasteiger partial charge < -0.3 is 14.8 Å². The van der Waals surface area contributed by atoms with Gasteiger partial charge in [-0.25, -0.2) is 9.68 Å². The molecule has 0 saturated heterocycles. The van der Waals surface area contributed by atoms with Gasteiger partial charge in [-0.3, -0.25) is 9.68 Å². The molecule has 1 N–H and O–H groups in total. The van der Waals surface area contributed by atoms with Gasteiger partial charge in [-0.15, -0.1) is 0 Å². The van der Waals surface area contributed by atoms with Crippen LogP contribution in [0.4, 0.5) is 13.2 Å². The maximum absolute atomic E-state index is 12.9. The Balaban J connectivity index is 1.27. The molecule has 0 saturated carbocycles. The van der Waals surface area contributed by atoms with Crippen LogP contribution in [0.15, 0.2) is 66.7 Å². The molecule has 10 heteroatoms. The first-order valence-electron chi connectivity index (χ1n) is 11.5. The summed E-state index contributed by atoms with van der Waals surface area (Å²) in [5.41, 5.74) is 0.802. The van der Waals surface area contributed by atoms with Crippen molar-refractivity contribution in [3.8, 4) is 17.2 Å². The van der Waals surface area contributed by atoms with Crippen LogP contribution in [-0.4, -0.2) is 32.1 Å². The highest BCUT2D eigenvalue weighted by atomic mass is 19.4. The van der Waals surface area contributed by atoms with Crippen molar-refractivity contribution in [1.82, 2.24) is 5.32 Å². The van der Waals surface area contributed by atoms with Crippen LogP contribution in [-0.2, 0) is 22.3 Å². The van der Waals surface area contributed by atoms with E-state index < -0.39 is 23.6 Å². The van der Waals surface area contributed by atoms with Crippen molar-refractivity contribution in [3.05, 3.63) is 89.0 Å². The number of nitrogens with one attached hydrogen (secondary N) is 1. The van der Waals surface area contributed by atoms with E-state index in [1.54, 1.807) is 6.07 Å². The highest BCUT2D eigenvalue weighted by molar-refractivity contribution is 5.94. The average molecular weight is 515 g/mol. The van der Waals surface area contributed by atoms with Crippen LogP contribution in [0.25, 0.3) is 0 Å². The quantitative estimate of drug-likeness (QED) is 0.333. The summed E-state index contributed by atoms with van der Waals surface area (Å²) in [5.74, 6) is -0.449. The molecule has 7 nitrogen and oxygen atoms in total. The average Bonchev–Trinajstić information content (AvgIpc) is 2.91. The lowest BCUT2D eigenvalue weighted by molar-refractivity contribution is -0.216. The van der Waals surface area contributed by atoms with E-state index in [0.29, 0.717) is 29.9 Å². The van der Waals surface area contributed by atoms with E-state index in [0.717, 1.165) is 17.7 Å². The molecular formula is C27H24F3NO6. The van der Waals surface area contributed by atoms with E-state index in [1.165, 1.54) is 37.4 Å². The van der Waals surface area contributed by atoms with Crippen LogP contribution < -0.4 is 19.7 Å². The van der Waals surface area contributed by atoms with Crippen molar-refractivity contribution in [2.45, 2.75) is 24.9 Å². The van der Waals surface area contributed by atoms with Crippen LogP contribution in [0.1, 0.15) is 39.4 Å². The van der Waals surface area contributed by atoms with E-state index >= 15 is 0 Å². The second-order valence-corrected chi connectivity index (χ2v) is 8.27. The fourth-order valence-corrected chi connectivity index (χ4v) is 3.94. The van der Waals surface area contributed by atoms with Gasteiger partial charge in [-0.05, 0) is 60.9 Å². The van der Waals surface area contributed by atoms with Crippen molar-refractivity contribution in [1.29, 1.82) is 0 Å². The molecule has 0 aliphatic carbocycles. The molecule has 3 aromatic rings. The first kappa shape index (κ1) is 25.9. The lowest BCUT2D eigenvalue weighted by atomic mass is 9.93. The number of alkyl halides is 3. The third-order valence-electron chi connectivity index (χ3n) is 5.87. The topological polar surface area (TPSA) is 83.1 Å². The number of ether oxygens (including phenoxy) is 2. The fraction of sp³-hybridized carbons (Fsp3) is 0.259. The highest BCUT2D eigenvalue weighted by Crippen LogP contribution is 2.35. The monoisotopic (exact) mass is 515 g/mol. The minimum atomic E-state index is -4.47. The molecule has 1 atom stereocenters. The van der Waals surface area contributed by atoms with E-state index in [4.69, 9.17) is 19.2 Å². The van der Waals surface area contributed by atoms with Crippen LogP contribution in [0, 0.1) is 0 Å². The lowest BCUT2D eigenvalue weighted by Gasteiger charge is -2.23. The smallest absolute Gasteiger partial charge is 0.416 e. The molecule has 1 amide bonds. The number of carbonyl (C=O) groups excluding carboxylic acids is 2. The number of para-hydroxylation sites is 1. The lowest BCUT2D eigenvalue weighted by Crippen LogP contribution is -2.26. The van der Waals surface area contributed by atoms with Crippen LogP contribution in [0.2, 0.25) is 0 Å². The predicted octanol–water partition coefficient (Wildman–Crippen LogP) is 5.09. The Kier molecular flexibility index (Phi) is 7.86. The molecular weight excluding hydrogens is 491 g/mol. The summed E-state index contributed by atoms with van der Waals surface area (Å²) in [5, 5.41) is 2.71. The summed E-state index contributed by atoms with van der Waals surface area (Å²) in [4.78, 5) is 35.1. The van der Waals surface area contributed by atoms with E-state index in [-0.39, 0.29) is 30.4 Å². The van der Waals surface area contributed by atoms with Gasteiger partial charge in [0.05, 0.1) is 25.2 Å². The number of benzene rings is 3. The minimum Gasteiger partial charge on any atom is -0.496 e. The zero-order valence-corrected chi connectivity index (χ0v) is 19.8. The van der Waals surface area contributed by atoms with Crippen molar-refractivity contribution in [2.24, 2.45) is 0 Å². The molecule has 0 spiro atoms. The summed E-state index contributed by atoms with van der Waals surface area (Å²) in [7, 11) is 1.29. The van der Waals surface area contributed by atoms with Gasteiger partial charge in [0.2, 0.25) is 0 Å². The van der Waals surface area contributed by atoms with Crippen molar-refractivity contribution in [3.63, 3.8) is 0 Å². The summed E-state index contributed by atoms with van der Waals surface area (Å²) >= 11 is 0. The summed E-state index contributed by atoms with van der Waals surface area (Å²) in [6, 6.07) is 16.5. The van der Waals surface area contributed by atoms with Crippen molar-refractivity contribution in [2.75, 3.05) is 20.3 Å². The molecule has 1 aliphatic rings. The first-order valence-corrected chi connectivity index (χ1v) is 11.5. The van der Waals surface area contributed by atoms with Gasteiger partial charge in [-0.2, -0.15) is 13.2 Å². The van der Waals surface area contributed by atoms with Gasteiger partial charge in [0, 0.05) is 17.7 Å². The molecule has 1 aliphatic heterocycles. The molecule has 4 rings (SSSR count). The fourth-order valence-electron chi connectivity index (χ4n) is 3.94. The zero-order chi connectivity index (χ0) is 26.4. The number of rotatable bonds is 8. The summed E-state index contributed by atoms with van der Waals surface area (Å²) < 4.78 is 49.3. The largest absolute Gasteiger partial charge is 0.496 e. The van der Waals surface area contributed by atoms with E-state index in [2.05, 4.69) is 5.32 Å². The van der Waals surface area contributed by atoms with Crippen molar-refractivity contribution >= 4 is 11.9 Å². The number of hydrogen-bond acceptors (Lipinski definition) is 6. The third-order valence-corrected chi connectivity index (χ3v) is 5.87. The Bertz CT molecular complexity index is 1260. The summed E-state index contributed by atoms with van der Waals surface area (Å²) in [6.07, 6.45) is -3.72. The van der Waals surface area contributed by atoms with Gasteiger partial charge in [0.25, 0.3) is 5.91 Å². The zero-order valence-electron chi connectivity index (χ0n) is 19.8. The van der Waals surface area contributed by atoms with Crippen LogP contribution >= 0.6 is 0 Å². The maximum atomic E-state index is 12.9. The number of methoxy groups -OCH3 is 1. The van der Waals surface area contributed by atoms with Gasteiger partial charge in [0.15, 0.2) is 5.75 Å². The maximum Gasteiger partial charge on any atom is 0.416 e. The second-order valence-electron chi connectivity index (χ2n) is 8.27. The van der Waals surface area contributed by atoms with E-state index in [1.807, 2.05) is 18.2 Å². The number of amides is 1. The highest BCUT2D eigenvalue weighted by Gasteiger charge is 2.31. The van der Waals surface area contributed by atoms with Crippen LogP contribution in [0.5, 0.6) is 17.2 Å². The standard InChI is InChI=1S/C27H24F3NO6/c1-34-24-16-19(27(28,29)30)9-6-17(24)12-14-31-25(32)18-7-10-20(11-8-18)36-37-26(33)22-13-15-35-23-5-3-2-4-21(22)23/h2-11,16,22H,12-15H2,1H3,(H,31,32). The summed E-state index contributed by atoms with van der Waals surface area (Å²) in [6.45, 7) is 0.579. The number of hydrogen-bond donors (Lipinski definition) is 1. The Hall–Kier alpha value is -4.21. The molecule has 194 valence electrons. The minimum absolute atomic E-state index is 0.101. The second kappa shape index (κ2) is 11.2. The van der Waals surface area contributed by atoms with Gasteiger partial charge in [-0.1, -0.05) is 24.3 Å². The molecule has 1 heterocycles. The first-order chi connectivity index (χ1) is 17.8. The Labute approximate surface area is 211 Å². The molecule has 37 heavy (non-hydrogen) atoms. The molecule has 3 aromatic carbocycles. The number of fused-ring (bicyclic) bond motifs is 1. The van der Waals surface area contributed by atoms with Crippen molar-refractivity contribution < 1.29 is 42.0 Å².